The second kappa shape index (κ2) is 6.74. The number of benzene rings is 2. The molecule has 7 heteroatoms. The predicted molar refractivity (Wildman–Crippen MR) is 80.2 cm³/mol. The zero-order chi connectivity index (χ0) is 17.9. The van der Waals surface area contributed by atoms with E-state index in [0.717, 1.165) is 12.1 Å². The molecule has 0 aliphatic carbocycles. The molecule has 2 aromatic carbocycles. The molecule has 0 saturated carbocycles. The first-order valence-corrected chi connectivity index (χ1v) is 6.75. The van der Waals surface area contributed by atoms with Crippen molar-refractivity contribution in [2.24, 2.45) is 0 Å². The number of hydrogen-bond acceptors (Lipinski definition) is 4. The molecule has 0 N–H and O–H groups in total. The van der Waals surface area contributed by atoms with Gasteiger partial charge in [-0.2, -0.15) is 13.2 Å². The van der Waals surface area contributed by atoms with Gasteiger partial charge in [0.2, 0.25) is 0 Å². The molecular weight excluding hydrogens is 325 g/mol. The van der Waals surface area contributed by atoms with E-state index in [9.17, 15) is 22.8 Å². The predicted octanol–water partition coefficient (Wildman–Crippen LogP) is 3.98. The number of carbonyl (C=O) groups excluding carboxylic acids is 2. The van der Waals surface area contributed by atoms with Gasteiger partial charge in [-0.3, -0.25) is 4.79 Å². The normalized spacial score (nSPS) is 11.0. The Morgan fingerprint density at radius 2 is 1.71 bits per heavy atom. The zero-order valence-corrected chi connectivity index (χ0v) is 12.8. The van der Waals surface area contributed by atoms with Crippen molar-refractivity contribution in [2.75, 3.05) is 14.2 Å². The van der Waals surface area contributed by atoms with Crippen molar-refractivity contribution < 1.29 is 32.2 Å². The molecule has 0 heterocycles. The maximum atomic E-state index is 13.0. The lowest BCUT2D eigenvalue weighted by molar-refractivity contribution is -0.137. The number of hydrogen-bond donors (Lipinski definition) is 0. The summed E-state index contributed by atoms with van der Waals surface area (Å²) in [5, 5.41) is 0. The maximum Gasteiger partial charge on any atom is 0.416 e. The lowest BCUT2D eigenvalue weighted by Crippen LogP contribution is -2.07. The van der Waals surface area contributed by atoms with E-state index in [4.69, 9.17) is 4.74 Å². The average molecular weight is 338 g/mol. The summed E-state index contributed by atoms with van der Waals surface area (Å²) in [6.07, 6.45) is -4.15. The first kappa shape index (κ1) is 17.5. The van der Waals surface area contributed by atoms with Crippen molar-refractivity contribution in [3.8, 4) is 16.9 Å². The third kappa shape index (κ3) is 3.40. The molecule has 0 amide bonds. The topological polar surface area (TPSA) is 52.6 Å². The summed E-state index contributed by atoms with van der Waals surface area (Å²) < 4.78 is 48.6. The minimum Gasteiger partial charge on any atom is -0.496 e. The molecule has 0 unspecified atom stereocenters. The molecule has 2 aromatic rings. The van der Waals surface area contributed by atoms with E-state index in [2.05, 4.69) is 4.74 Å². The molecule has 0 radical (unpaired) electrons. The minimum absolute atomic E-state index is 0.00341. The minimum atomic E-state index is -4.59. The van der Waals surface area contributed by atoms with Crippen LogP contribution in [-0.2, 0) is 10.9 Å². The monoisotopic (exact) mass is 338 g/mol. The first-order valence-electron chi connectivity index (χ1n) is 6.75. The summed E-state index contributed by atoms with van der Waals surface area (Å²) in [6, 6.07) is 7.34. The SMILES string of the molecule is COC(=O)c1ccc(-c2cc(C(F)(F)F)cc(OC)c2C=O)cc1. The van der Waals surface area contributed by atoms with E-state index in [1.54, 1.807) is 0 Å². The van der Waals surface area contributed by atoms with Gasteiger partial charge >= 0.3 is 12.1 Å². The number of esters is 1. The fourth-order valence-electron chi connectivity index (χ4n) is 2.22. The van der Waals surface area contributed by atoms with E-state index in [0.29, 0.717) is 11.8 Å². The number of carbonyl (C=O) groups is 2. The average Bonchev–Trinajstić information content (AvgIpc) is 2.59. The van der Waals surface area contributed by atoms with Crippen LogP contribution in [0.3, 0.4) is 0 Å². The van der Waals surface area contributed by atoms with Crippen LogP contribution in [0.25, 0.3) is 11.1 Å². The summed E-state index contributed by atoms with van der Waals surface area (Å²) >= 11 is 0. The Balaban J connectivity index is 2.63. The van der Waals surface area contributed by atoms with E-state index in [-0.39, 0.29) is 22.4 Å². The lowest BCUT2D eigenvalue weighted by Gasteiger charge is -2.15. The third-order valence-corrected chi connectivity index (χ3v) is 3.42. The van der Waals surface area contributed by atoms with Gasteiger partial charge in [0.15, 0.2) is 6.29 Å². The molecular formula is C17H13F3O4. The Morgan fingerprint density at radius 3 is 2.17 bits per heavy atom. The molecule has 0 bridgehead atoms. The highest BCUT2D eigenvalue weighted by molar-refractivity contribution is 5.93. The molecule has 0 saturated heterocycles. The molecule has 0 aliphatic rings. The molecule has 126 valence electrons. The van der Waals surface area contributed by atoms with Crippen LogP contribution in [0.1, 0.15) is 26.3 Å². The summed E-state index contributed by atoms with van der Waals surface area (Å²) in [7, 11) is 2.41. The molecule has 4 nitrogen and oxygen atoms in total. The number of methoxy groups -OCH3 is 2. The Hall–Kier alpha value is -2.83. The fraction of sp³-hybridized carbons (Fsp3) is 0.176. The van der Waals surface area contributed by atoms with Crippen molar-refractivity contribution in [3.63, 3.8) is 0 Å². The van der Waals surface area contributed by atoms with Crippen LogP contribution in [0.5, 0.6) is 5.75 Å². The van der Waals surface area contributed by atoms with Crippen LogP contribution in [0.2, 0.25) is 0 Å². The van der Waals surface area contributed by atoms with Gasteiger partial charge in [0.25, 0.3) is 0 Å². The summed E-state index contributed by atoms with van der Waals surface area (Å²) in [6.45, 7) is 0. The van der Waals surface area contributed by atoms with Gasteiger partial charge in [0, 0.05) is 0 Å². The maximum absolute atomic E-state index is 13.0. The Labute approximate surface area is 135 Å². The first-order chi connectivity index (χ1) is 11.3. The molecule has 0 fully saturated rings. The van der Waals surface area contributed by atoms with Crippen molar-refractivity contribution >= 4 is 12.3 Å². The van der Waals surface area contributed by atoms with E-state index >= 15 is 0 Å². The highest BCUT2D eigenvalue weighted by atomic mass is 19.4. The standard InChI is InChI=1S/C17H13F3O4/c1-23-15-8-12(17(18,19)20)7-13(14(15)9-21)10-3-5-11(6-4-10)16(22)24-2/h3-9H,1-2H3. The highest BCUT2D eigenvalue weighted by Crippen LogP contribution is 2.38. The van der Waals surface area contributed by atoms with Crippen LogP contribution >= 0.6 is 0 Å². The van der Waals surface area contributed by atoms with Crippen LogP contribution in [-0.4, -0.2) is 26.5 Å². The van der Waals surface area contributed by atoms with Crippen molar-refractivity contribution in [1.29, 1.82) is 0 Å². The largest absolute Gasteiger partial charge is 0.496 e. The smallest absolute Gasteiger partial charge is 0.416 e. The quantitative estimate of drug-likeness (QED) is 0.625. The van der Waals surface area contributed by atoms with E-state index in [1.165, 1.54) is 38.5 Å². The molecule has 0 aliphatic heterocycles. The van der Waals surface area contributed by atoms with E-state index < -0.39 is 17.7 Å². The number of rotatable bonds is 4. The van der Waals surface area contributed by atoms with Gasteiger partial charge < -0.3 is 9.47 Å². The van der Waals surface area contributed by atoms with Gasteiger partial charge in [-0.1, -0.05) is 12.1 Å². The number of halogens is 3. The molecule has 2 rings (SSSR count). The second-order valence-corrected chi connectivity index (χ2v) is 4.82. The Kier molecular flexibility index (Phi) is 4.92. The summed E-state index contributed by atoms with van der Waals surface area (Å²) in [4.78, 5) is 22.8. The second-order valence-electron chi connectivity index (χ2n) is 4.82. The van der Waals surface area contributed by atoms with Crippen LogP contribution in [0.4, 0.5) is 13.2 Å². The van der Waals surface area contributed by atoms with Crippen molar-refractivity contribution in [3.05, 3.63) is 53.1 Å². The van der Waals surface area contributed by atoms with Crippen LogP contribution < -0.4 is 4.74 Å². The summed E-state index contributed by atoms with van der Waals surface area (Å²) in [5.41, 5.74) is -0.289. The van der Waals surface area contributed by atoms with Gasteiger partial charge in [-0.05, 0) is 35.4 Å². The number of alkyl halides is 3. The number of ether oxygens (including phenoxy) is 2. The lowest BCUT2D eigenvalue weighted by atomic mass is 9.96. The highest BCUT2D eigenvalue weighted by Gasteiger charge is 2.32. The molecule has 24 heavy (non-hydrogen) atoms. The number of aldehydes is 1. The van der Waals surface area contributed by atoms with Crippen molar-refractivity contribution in [1.82, 2.24) is 0 Å². The Bertz CT molecular complexity index is 765. The van der Waals surface area contributed by atoms with Gasteiger partial charge in [-0.25, -0.2) is 4.79 Å². The molecule has 0 atom stereocenters. The van der Waals surface area contributed by atoms with Crippen LogP contribution in [0.15, 0.2) is 36.4 Å². The zero-order valence-electron chi connectivity index (χ0n) is 12.8. The van der Waals surface area contributed by atoms with E-state index in [1.807, 2.05) is 0 Å². The molecule has 0 aromatic heterocycles. The van der Waals surface area contributed by atoms with Crippen molar-refractivity contribution in [2.45, 2.75) is 6.18 Å². The summed E-state index contributed by atoms with van der Waals surface area (Å²) in [5.74, 6) is -0.745. The van der Waals surface area contributed by atoms with Gasteiger partial charge in [0.05, 0.1) is 30.9 Å². The van der Waals surface area contributed by atoms with Gasteiger partial charge in [-0.15, -0.1) is 0 Å². The Morgan fingerprint density at radius 1 is 1.08 bits per heavy atom. The third-order valence-electron chi connectivity index (χ3n) is 3.42. The van der Waals surface area contributed by atoms with Crippen LogP contribution in [0, 0.1) is 0 Å². The fourth-order valence-corrected chi connectivity index (χ4v) is 2.22. The van der Waals surface area contributed by atoms with Gasteiger partial charge in [0.1, 0.15) is 5.75 Å². The molecule has 0 spiro atoms.